The number of hydrogen-bond acceptors (Lipinski definition) is 7. The van der Waals surface area contributed by atoms with E-state index < -0.39 is 5.91 Å². The molecule has 190 valence electrons. The van der Waals surface area contributed by atoms with Gasteiger partial charge in [-0.15, -0.1) is 0 Å². The minimum Gasteiger partial charge on any atom is -0.494 e. The number of hydrogen-bond donors (Lipinski definition) is 1. The average Bonchev–Trinajstić information content (AvgIpc) is 2.93. The Morgan fingerprint density at radius 1 is 0.919 bits per heavy atom. The Morgan fingerprint density at radius 3 is 2.27 bits per heavy atom. The zero-order valence-corrected chi connectivity index (χ0v) is 20.7. The lowest BCUT2D eigenvalue weighted by Crippen LogP contribution is -2.23. The van der Waals surface area contributed by atoms with Crippen LogP contribution in [-0.2, 0) is 0 Å². The second kappa shape index (κ2) is 10.1. The summed E-state index contributed by atoms with van der Waals surface area (Å²) in [6, 6.07) is 15.5. The second-order valence-electron chi connectivity index (χ2n) is 8.21. The zero-order valence-electron chi connectivity index (χ0n) is 20.7. The zero-order chi connectivity index (χ0) is 25.9. The number of carbonyl (C=O) groups excluding carboxylic acids is 1. The molecule has 5 rings (SSSR count). The molecule has 0 atom stereocenters. The third-order valence-electron chi connectivity index (χ3n) is 5.99. The fourth-order valence-corrected chi connectivity index (χ4v) is 4.23. The van der Waals surface area contributed by atoms with E-state index in [1.54, 1.807) is 54.6 Å². The van der Waals surface area contributed by atoms with Crippen molar-refractivity contribution in [2.75, 3.05) is 39.4 Å². The molecule has 3 aromatic carbocycles. The number of fused-ring (bicyclic) bond motifs is 2. The van der Waals surface area contributed by atoms with Crippen molar-refractivity contribution < 1.29 is 28.5 Å². The molecular weight excluding hydrogens is 476 g/mol. The number of carbonyl (C=O) groups is 1. The van der Waals surface area contributed by atoms with Gasteiger partial charge in [-0.05, 0) is 55.5 Å². The Balaban J connectivity index is 1.63. The van der Waals surface area contributed by atoms with Crippen molar-refractivity contribution in [1.29, 1.82) is 0 Å². The summed E-state index contributed by atoms with van der Waals surface area (Å²) in [6.45, 7) is 3.34. The van der Waals surface area contributed by atoms with E-state index in [0.29, 0.717) is 70.7 Å². The molecule has 0 spiro atoms. The van der Waals surface area contributed by atoms with Crippen LogP contribution in [0.15, 0.2) is 65.6 Å². The number of rotatable bonds is 7. The van der Waals surface area contributed by atoms with Gasteiger partial charge in [0.05, 0.1) is 31.8 Å². The number of methoxy groups -OCH3 is 2. The molecule has 0 saturated carbocycles. The Bertz CT molecular complexity index is 1530. The lowest BCUT2D eigenvalue weighted by molar-refractivity contribution is 0.102. The van der Waals surface area contributed by atoms with Gasteiger partial charge in [0.1, 0.15) is 19.0 Å². The van der Waals surface area contributed by atoms with E-state index in [2.05, 4.69) is 5.32 Å². The van der Waals surface area contributed by atoms with E-state index in [4.69, 9.17) is 23.7 Å². The van der Waals surface area contributed by atoms with E-state index in [1.807, 2.05) is 6.92 Å². The Hall–Kier alpha value is -4.66. The summed E-state index contributed by atoms with van der Waals surface area (Å²) >= 11 is 0. The van der Waals surface area contributed by atoms with Crippen LogP contribution < -0.4 is 34.6 Å². The molecule has 0 fully saturated rings. The van der Waals surface area contributed by atoms with E-state index >= 15 is 0 Å². The molecule has 1 N–H and O–H groups in total. The maximum absolute atomic E-state index is 13.6. The molecule has 4 aromatic rings. The molecule has 0 radical (unpaired) electrons. The Morgan fingerprint density at radius 2 is 1.59 bits per heavy atom. The van der Waals surface area contributed by atoms with Crippen LogP contribution in [0.4, 0.5) is 5.69 Å². The Kier molecular flexibility index (Phi) is 6.59. The molecule has 0 bridgehead atoms. The second-order valence-corrected chi connectivity index (χ2v) is 8.21. The van der Waals surface area contributed by atoms with Gasteiger partial charge < -0.3 is 29.0 Å². The summed E-state index contributed by atoms with van der Waals surface area (Å²) in [5.74, 6) is 2.24. The lowest BCUT2D eigenvalue weighted by atomic mass is 10.0. The molecule has 1 aromatic heterocycles. The summed E-state index contributed by atoms with van der Waals surface area (Å²) in [6.07, 6.45) is 1.53. The monoisotopic (exact) mass is 502 g/mol. The third kappa shape index (κ3) is 4.63. The van der Waals surface area contributed by atoms with Gasteiger partial charge in [-0.25, -0.2) is 0 Å². The van der Waals surface area contributed by atoms with Crippen LogP contribution in [0.25, 0.3) is 16.5 Å². The van der Waals surface area contributed by atoms with Crippen molar-refractivity contribution in [2.45, 2.75) is 6.92 Å². The van der Waals surface area contributed by atoms with E-state index in [9.17, 15) is 9.59 Å². The summed E-state index contributed by atoms with van der Waals surface area (Å²) in [4.78, 5) is 27.2. The fourth-order valence-electron chi connectivity index (χ4n) is 4.23. The molecule has 1 amide bonds. The molecule has 37 heavy (non-hydrogen) atoms. The largest absolute Gasteiger partial charge is 0.494 e. The third-order valence-corrected chi connectivity index (χ3v) is 5.99. The van der Waals surface area contributed by atoms with Gasteiger partial charge in [0, 0.05) is 29.0 Å². The van der Waals surface area contributed by atoms with Crippen LogP contribution in [0.5, 0.6) is 28.7 Å². The number of pyridine rings is 1. The van der Waals surface area contributed by atoms with Crippen LogP contribution in [0.3, 0.4) is 0 Å². The van der Waals surface area contributed by atoms with Crippen LogP contribution in [0.1, 0.15) is 17.3 Å². The highest BCUT2D eigenvalue weighted by atomic mass is 16.6. The molecule has 9 nitrogen and oxygen atoms in total. The number of nitrogens with zero attached hydrogens (tertiary/aromatic N) is 1. The topological polar surface area (TPSA) is 97.2 Å². The molecule has 2 heterocycles. The number of ether oxygens (including phenoxy) is 5. The van der Waals surface area contributed by atoms with E-state index in [0.717, 1.165) is 0 Å². The van der Waals surface area contributed by atoms with E-state index in [-0.39, 0.29) is 11.1 Å². The first-order valence-electron chi connectivity index (χ1n) is 11.8. The first-order valence-corrected chi connectivity index (χ1v) is 11.8. The fraction of sp³-hybridized carbons (Fsp3) is 0.214. The SMILES string of the molecule is CCOc1ccc(-n2cc(C(=O)Nc3ccc4c(c3)OCCO4)c3cc(OC)c(OC)cc3c2=O)cc1. The Labute approximate surface area is 213 Å². The lowest BCUT2D eigenvalue weighted by Gasteiger charge is -2.19. The van der Waals surface area contributed by atoms with Crippen molar-refractivity contribution in [3.8, 4) is 34.4 Å². The molecular formula is C28H26N2O7. The maximum Gasteiger partial charge on any atom is 0.263 e. The van der Waals surface area contributed by atoms with Crippen molar-refractivity contribution in [2.24, 2.45) is 0 Å². The minimum absolute atomic E-state index is 0.277. The highest BCUT2D eigenvalue weighted by molar-refractivity contribution is 6.13. The van der Waals surface area contributed by atoms with Gasteiger partial charge in [0.2, 0.25) is 0 Å². The summed E-state index contributed by atoms with van der Waals surface area (Å²) in [5.41, 5.74) is 1.08. The number of benzene rings is 3. The molecule has 9 heteroatoms. The van der Waals surface area contributed by atoms with Crippen molar-refractivity contribution in [1.82, 2.24) is 4.57 Å². The number of amides is 1. The smallest absolute Gasteiger partial charge is 0.263 e. The number of nitrogens with one attached hydrogen (secondary N) is 1. The van der Waals surface area contributed by atoms with E-state index in [1.165, 1.54) is 25.0 Å². The first-order chi connectivity index (χ1) is 18.0. The van der Waals surface area contributed by atoms with Crippen molar-refractivity contribution in [3.63, 3.8) is 0 Å². The van der Waals surface area contributed by atoms with Crippen LogP contribution in [0, 0.1) is 0 Å². The van der Waals surface area contributed by atoms with Gasteiger partial charge in [-0.1, -0.05) is 0 Å². The molecule has 0 saturated heterocycles. The highest BCUT2D eigenvalue weighted by Crippen LogP contribution is 2.35. The normalized spacial score (nSPS) is 12.2. The highest BCUT2D eigenvalue weighted by Gasteiger charge is 2.20. The quantitative estimate of drug-likeness (QED) is 0.399. The van der Waals surface area contributed by atoms with Crippen LogP contribution >= 0.6 is 0 Å². The van der Waals surface area contributed by atoms with Gasteiger partial charge in [0.25, 0.3) is 11.5 Å². The average molecular weight is 503 g/mol. The summed E-state index contributed by atoms with van der Waals surface area (Å²) in [5, 5.41) is 3.65. The first kappa shape index (κ1) is 24.1. The number of aromatic nitrogens is 1. The minimum atomic E-state index is -0.409. The van der Waals surface area contributed by atoms with Crippen molar-refractivity contribution >= 4 is 22.4 Å². The van der Waals surface area contributed by atoms with Gasteiger partial charge in [0.15, 0.2) is 23.0 Å². The predicted molar refractivity (Wildman–Crippen MR) is 139 cm³/mol. The predicted octanol–water partition coefficient (Wildman–Crippen LogP) is 4.43. The van der Waals surface area contributed by atoms with Gasteiger partial charge in [-0.3, -0.25) is 14.2 Å². The van der Waals surface area contributed by atoms with Crippen LogP contribution in [-0.4, -0.2) is 44.5 Å². The standard InChI is InChI=1S/C28H26N2O7/c1-4-35-19-8-6-18(7-9-19)30-16-22(20-14-24(33-2)25(34-3)15-21(20)28(30)32)27(31)29-17-5-10-23-26(13-17)37-12-11-36-23/h5-10,13-16H,4,11-12H2,1-3H3,(H,29,31). The molecule has 1 aliphatic heterocycles. The maximum atomic E-state index is 13.6. The van der Waals surface area contributed by atoms with Crippen molar-refractivity contribution in [3.05, 3.63) is 76.7 Å². The summed E-state index contributed by atoms with van der Waals surface area (Å²) < 4.78 is 29.0. The molecule has 1 aliphatic rings. The molecule has 0 aliphatic carbocycles. The van der Waals surface area contributed by atoms with Gasteiger partial charge in [-0.2, -0.15) is 0 Å². The number of anilines is 1. The summed E-state index contributed by atoms with van der Waals surface area (Å²) in [7, 11) is 2.99. The van der Waals surface area contributed by atoms with Gasteiger partial charge >= 0.3 is 0 Å². The van der Waals surface area contributed by atoms with Crippen LogP contribution in [0.2, 0.25) is 0 Å². The molecule has 0 unspecified atom stereocenters.